The van der Waals surface area contributed by atoms with Crippen molar-refractivity contribution in [3.63, 3.8) is 0 Å². The summed E-state index contributed by atoms with van der Waals surface area (Å²) in [5, 5.41) is 12.2. The average Bonchev–Trinajstić information content (AvgIpc) is 3.86. The number of nitrogens with zero attached hydrogens (tertiary/aromatic N) is 6. The van der Waals surface area contributed by atoms with Crippen LogP contribution >= 0.6 is 0 Å². The van der Waals surface area contributed by atoms with Gasteiger partial charge in [-0.25, -0.2) is 0 Å². The van der Waals surface area contributed by atoms with Crippen molar-refractivity contribution in [3.8, 4) is 45.4 Å². The smallest absolute Gasteiger partial charge is 0.187 e. The fourth-order valence-electron chi connectivity index (χ4n) is 7.58. The minimum Gasteiger partial charge on any atom is -0.311 e. The molecular formula is C49H34N6. The second-order valence-corrected chi connectivity index (χ2v) is 13.4. The van der Waals surface area contributed by atoms with Crippen molar-refractivity contribution < 1.29 is 0 Å². The van der Waals surface area contributed by atoms with Crippen LogP contribution in [0.1, 0.15) is 0 Å². The van der Waals surface area contributed by atoms with Gasteiger partial charge >= 0.3 is 0 Å². The average molecular weight is 707 g/mol. The zero-order valence-electron chi connectivity index (χ0n) is 29.8. The first-order chi connectivity index (χ1) is 27.3. The van der Waals surface area contributed by atoms with E-state index in [1.165, 1.54) is 10.8 Å². The van der Waals surface area contributed by atoms with Gasteiger partial charge in [-0.05, 0) is 96.1 Å². The van der Waals surface area contributed by atoms with Crippen LogP contribution in [0.3, 0.4) is 0 Å². The fraction of sp³-hybridized carbons (Fsp3) is 0. The summed E-state index contributed by atoms with van der Waals surface area (Å²) in [4.78, 5) is 7.17. The van der Waals surface area contributed by atoms with Crippen molar-refractivity contribution in [2.24, 2.45) is 0 Å². The van der Waals surface area contributed by atoms with E-state index in [1.54, 1.807) is 0 Å². The molecule has 7 aromatic carbocycles. The molecule has 0 aliphatic heterocycles. The maximum atomic E-state index is 4.91. The Labute approximate surface area is 318 Å². The van der Waals surface area contributed by atoms with Crippen molar-refractivity contribution >= 4 is 38.9 Å². The van der Waals surface area contributed by atoms with Crippen LogP contribution in [-0.2, 0) is 0 Å². The quantitative estimate of drug-likeness (QED) is 0.158. The topological polar surface area (TPSA) is 51.8 Å². The standard InChI is InChI=1S/C49H34N6/c1-4-15-35(16-5-1)37-17-14-22-41(33-37)55-48(36-27-29-40(30-28-36)53(38-18-6-2-7-19-38)39-20-8-3-9-21-39)51-52-49(55)45-34-42(31-32-50-45)54-46-25-12-10-23-43(46)44-24-11-13-26-47(44)54/h1-34H. The van der Waals surface area contributed by atoms with E-state index in [2.05, 4.69) is 196 Å². The summed E-state index contributed by atoms with van der Waals surface area (Å²) in [7, 11) is 0. The monoisotopic (exact) mass is 706 g/mol. The second kappa shape index (κ2) is 13.8. The van der Waals surface area contributed by atoms with E-state index in [0.29, 0.717) is 5.82 Å². The lowest BCUT2D eigenvalue weighted by atomic mass is 10.0. The number of pyridine rings is 1. The Kier molecular flexibility index (Phi) is 8.04. The van der Waals surface area contributed by atoms with Crippen LogP contribution in [0.5, 0.6) is 0 Å². The van der Waals surface area contributed by atoms with E-state index in [0.717, 1.165) is 67.7 Å². The number of anilines is 3. The second-order valence-electron chi connectivity index (χ2n) is 13.4. The van der Waals surface area contributed by atoms with Gasteiger partial charge in [0.1, 0.15) is 5.69 Å². The number of rotatable bonds is 8. The van der Waals surface area contributed by atoms with Crippen LogP contribution in [0, 0.1) is 0 Å². The van der Waals surface area contributed by atoms with E-state index < -0.39 is 0 Å². The van der Waals surface area contributed by atoms with E-state index in [9.17, 15) is 0 Å². The highest BCUT2D eigenvalue weighted by Crippen LogP contribution is 2.37. The van der Waals surface area contributed by atoms with Gasteiger partial charge in [-0.15, -0.1) is 10.2 Å². The van der Waals surface area contributed by atoms with Gasteiger partial charge in [0.05, 0.1) is 11.0 Å². The van der Waals surface area contributed by atoms with Gasteiger partial charge < -0.3 is 9.47 Å². The highest BCUT2D eigenvalue weighted by molar-refractivity contribution is 6.09. The largest absolute Gasteiger partial charge is 0.311 e. The Bertz CT molecular complexity index is 2820. The van der Waals surface area contributed by atoms with E-state index in [-0.39, 0.29) is 0 Å². The summed E-state index contributed by atoms with van der Waals surface area (Å²) in [6.45, 7) is 0. The first kappa shape index (κ1) is 32.1. The van der Waals surface area contributed by atoms with Crippen molar-refractivity contribution in [2.75, 3.05) is 4.90 Å². The fourth-order valence-corrected chi connectivity index (χ4v) is 7.58. The van der Waals surface area contributed by atoms with Crippen molar-refractivity contribution in [3.05, 3.63) is 206 Å². The third-order valence-electron chi connectivity index (χ3n) is 10.1. The third kappa shape index (κ3) is 5.83. The van der Waals surface area contributed by atoms with Gasteiger partial charge in [0, 0.05) is 51.0 Å². The Balaban J connectivity index is 1.13. The first-order valence-corrected chi connectivity index (χ1v) is 18.4. The van der Waals surface area contributed by atoms with Crippen LogP contribution in [0.15, 0.2) is 206 Å². The molecule has 10 aromatic rings. The van der Waals surface area contributed by atoms with Gasteiger partial charge in [0.2, 0.25) is 0 Å². The lowest BCUT2D eigenvalue weighted by molar-refractivity contribution is 1.05. The molecule has 0 bridgehead atoms. The minimum absolute atomic E-state index is 0.655. The van der Waals surface area contributed by atoms with Gasteiger partial charge in [-0.2, -0.15) is 0 Å². The molecule has 55 heavy (non-hydrogen) atoms. The summed E-state index contributed by atoms with van der Waals surface area (Å²) in [5.41, 5.74) is 11.3. The molecule has 0 amide bonds. The molecule has 6 nitrogen and oxygen atoms in total. The minimum atomic E-state index is 0.655. The molecule has 0 spiro atoms. The molecule has 0 fully saturated rings. The number of benzene rings is 7. The molecule has 0 aliphatic rings. The molecule has 3 aromatic heterocycles. The maximum absolute atomic E-state index is 4.91. The summed E-state index contributed by atoms with van der Waals surface area (Å²) in [5.74, 6) is 1.38. The number of hydrogen-bond acceptors (Lipinski definition) is 4. The normalized spacial score (nSPS) is 11.3. The van der Waals surface area contributed by atoms with Crippen molar-refractivity contribution in [1.82, 2.24) is 24.3 Å². The molecule has 10 rings (SSSR count). The van der Waals surface area contributed by atoms with Crippen LogP contribution in [0.25, 0.3) is 67.2 Å². The van der Waals surface area contributed by atoms with Gasteiger partial charge in [0.15, 0.2) is 11.6 Å². The number of aromatic nitrogens is 5. The highest BCUT2D eigenvalue weighted by Gasteiger charge is 2.21. The summed E-state index contributed by atoms with van der Waals surface area (Å²) in [6, 6.07) is 69.7. The van der Waals surface area contributed by atoms with Crippen molar-refractivity contribution in [1.29, 1.82) is 0 Å². The zero-order valence-corrected chi connectivity index (χ0v) is 29.8. The summed E-state index contributed by atoms with van der Waals surface area (Å²) in [6.07, 6.45) is 1.86. The predicted octanol–water partition coefficient (Wildman–Crippen LogP) is 12.2. The molecular weight excluding hydrogens is 673 g/mol. The van der Waals surface area contributed by atoms with E-state index in [4.69, 9.17) is 15.2 Å². The van der Waals surface area contributed by atoms with E-state index >= 15 is 0 Å². The van der Waals surface area contributed by atoms with E-state index in [1.807, 2.05) is 24.4 Å². The summed E-state index contributed by atoms with van der Waals surface area (Å²) < 4.78 is 4.43. The lowest BCUT2D eigenvalue weighted by Crippen LogP contribution is -2.09. The Hall–Kier alpha value is -7.57. The molecule has 6 heteroatoms. The number of para-hydroxylation sites is 4. The van der Waals surface area contributed by atoms with Gasteiger partial charge in [0.25, 0.3) is 0 Å². The maximum Gasteiger partial charge on any atom is 0.187 e. The molecule has 0 aliphatic carbocycles. The van der Waals surface area contributed by atoms with Gasteiger partial charge in [-0.3, -0.25) is 9.55 Å². The Morgan fingerprint density at radius 2 is 0.891 bits per heavy atom. The molecule has 0 unspecified atom stereocenters. The lowest BCUT2D eigenvalue weighted by Gasteiger charge is -2.25. The number of fused-ring (bicyclic) bond motifs is 3. The van der Waals surface area contributed by atoms with Crippen LogP contribution in [0.2, 0.25) is 0 Å². The first-order valence-electron chi connectivity index (χ1n) is 18.4. The highest BCUT2D eigenvalue weighted by atomic mass is 15.3. The number of hydrogen-bond donors (Lipinski definition) is 0. The van der Waals surface area contributed by atoms with Gasteiger partial charge in [-0.1, -0.05) is 115 Å². The summed E-state index contributed by atoms with van der Waals surface area (Å²) >= 11 is 0. The van der Waals surface area contributed by atoms with Crippen LogP contribution in [0.4, 0.5) is 17.1 Å². The van der Waals surface area contributed by atoms with Crippen LogP contribution < -0.4 is 4.90 Å². The molecule has 260 valence electrons. The predicted molar refractivity (Wildman–Crippen MR) is 224 cm³/mol. The zero-order chi connectivity index (χ0) is 36.6. The Morgan fingerprint density at radius 3 is 1.55 bits per heavy atom. The van der Waals surface area contributed by atoms with Crippen molar-refractivity contribution in [2.45, 2.75) is 0 Å². The molecule has 3 heterocycles. The molecule has 0 radical (unpaired) electrons. The molecule has 0 saturated carbocycles. The molecule has 0 saturated heterocycles. The molecule has 0 atom stereocenters. The third-order valence-corrected chi connectivity index (χ3v) is 10.1. The SMILES string of the molecule is c1ccc(-c2cccc(-n3c(-c4ccc(N(c5ccccc5)c5ccccc5)cc4)nnc3-c3cc(-n4c5ccccc5c5ccccc54)ccn3)c2)cc1. The molecule has 0 N–H and O–H groups in total. The van der Waals surface area contributed by atoms with Crippen LogP contribution in [-0.4, -0.2) is 24.3 Å². The Morgan fingerprint density at radius 1 is 0.364 bits per heavy atom.